The normalized spacial score (nSPS) is 11.6. The predicted molar refractivity (Wildman–Crippen MR) is 77.0 cm³/mol. The van der Waals surface area contributed by atoms with Crippen LogP contribution in [-0.2, 0) is 10.0 Å². The Morgan fingerprint density at radius 3 is 2.53 bits per heavy atom. The van der Waals surface area contributed by atoms with E-state index in [1.807, 2.05) is 20.8 Å². The first-order valence-electron chi connectivity index (χ1n) is 6.18. The van der Waals surface area contributed by atoms with Gasteiger partial charge in [-0.25, -0.2) is 13.6 Å². The zero-order valence-electron chi connectivity index (χ0n) is 11.6. The molecular formula is C14H21NO3S. The average molecular weight is 283 g/mol. The zero-order valence-corrected chi connectivity index (χ0v) is 12.5. The van der Waals surface area contributed by atoms with Crippen LogP contribution in [0.2, 0.25) is 0 Å². The van der Waals surface area contributed by atoms with E-state index in [1.165, 1.54) is 0 Å². The molecular weight excluding hydrogens is 262 g/mol. The van der Waals surface area contributed by atoms with Gasteiger partial charge in [-0.2, -0.15) is 0 Å². The van der Waals surface area contributed by atoms with Gasteiger partial charge in [0.25, 0.3) is 0 Å². The van der Waals surface area contributed by atoms with E-state index in [1.54, 1.807) is 18.2 Å². The Bertz CT molecular complexity index is 562. The zero-order chi connectivity index (χ0) is 14.6. The molecule has 0 spiro atoms. The molecule has 0 aliphatic heterocycles. The van der Waals surface area contributed by atoms with Gasteiger partial charge in [0.1, 0.15) is 5.75 Å². The Labute approximate surface area is 115 Å². The van der Waals surface area contributed by atoms with Crippen molar-refractivity contribution in [1.82, 2.24) is 0 Å². The summed E-state index contributed by atoms with van der Waals surface area (Å²) in [6.07, 6.45) is 2.52. The fourth-order valence-electron chi connectivity index (χ4n) is 1.78. The maximum atomic E-state index is 11.6. The number of rotatable bonds is 6. The third-order valence-corrected chi connectivity index (χ3v) is 3.78. The summed E-state index contributed by atoms with van der Waals surface area (Å²) in [7, 11) is -3.71. The lowest BCUT2D eigenvalue weighted by molar-refractivity contribution is 0.322. The second kappa shape index (κ2) is 6.21. The molecule has 0 radical (unpaired) electrons. The lowest BCUT2D eigenvalue weighted by Gasteiger charge is -2.16. The van der Waals surface area contributed by atoms with E-state index in [0.29, 0.717) is 17.9 Å². The molecule has 0 fully saturated rings. The maximum absolute atomic E-state index is 11.6. The number of benzene rings is 1. The Hall–Kier alpha value is -1.33. The molecule has 0 aliphatic rings. The van der Waals surface area contributed by atoms with E-state index in [4.69, 9.17) is 9.88 Å². The third kappa shape index (κ3) is 4.08. The van der Waals surface area contributed by atoms with Gasteiger partial charge in [0.05, 0.1) is 11.5 Å². The number of ether oxygens (including phenoxy) is 1. The standard InChI is InChI=1S/C14H21NO3S/c1-5-6-7-18-13-9-12(10(2)3)14(8-11(13)4)19(15,16)17/h5,8-10H,1,6-7H2,2-4H3,(H2,15,16,17). The SMILES string of the molecule is C=CCCOc1cc(C(C)C)c(S(N)(=O)=O)cc1C. The number of hydrogen-bond donors (Lipinski definition) is 1. The van der Waals surface area contributed by atoms with Gasteiger partial charge >= 0.3 is 0 Å². The van der Waals surface area contributed by atoms with Gasteiger partial charge in [-0.1, -0.05) is 19.9 Å². The summed E-state index contributed by atoms with van der Waals surface area (Å²) in [6.45, 7) is 9.81. The Morgan fingerprint density at radius 1 is 1.42 bits per heavy atom. The van der Waals surface area contributed by atoms with Crippen LogP contribution in [0.4, 0.5) is 0 Å². The molecule has 0 unspecified atom stereocenters. The van der Waals surface area contributed by atoms with E-state index in [2.05, 4.69) is 6.58 Å². The monoisotopic (exact) mass is 283 g/mol. The fraction of sp³-hybridized carbons (Fsp3) is 0.429. The van der Waals surface area contributed by atoms with Crippen molar-refractivity contribution < 1.29 is 13.2 Å². The van der Waals surface area contributed by atoms with Gasteiger partial charge in [-0.3, -0.25) is 0 Å². The second-order valence-corrected chi connectivity index (χ2v) is 6.31. The number of primary sulfonamides is 1. The largest absolute Gasteiger partial charge is 0.493 e. The minimum absolute atomic E-state index is 0.0516. The summed E-state index contributed by atoms with van der Waals surface area (Å²) in [4.78, 5) is 0.177. The van der Waals surface area contributed by atoms with E-state index in [0.717, 1.165) is 12.0 Å². The molecule has 19 heavy (non-hydrogen) atoms. The van der Waals surface area contributed by atoms with Gasteiger partial charge in [0.15, 0.2) is 0 Å². The van der Waals surface area contributed by atoms with Crippen LogP contribution in [0, 0.1) is 6.92 Å². The minimum atomic E-state index is -3.71. The van der Waals surface area contributed by atoms with Crippen molar-refractivity contribution in [2.24, 2.45) is 5.14 Å². The number of nitrogens with two attached hydrogens (primary N) is 1. The molecule has 0 heterocycles. The van der Waals surface area contributed by atoms with Crippen molar-refractivity contribution in [3.63, 3.8) is 0 Å². The second-order valence-electron chi connectivity index (χ2n) is 4.78. The molecule has 0 bridgehead atoms. The molecule has 0 aliphatic carbocycles. The van der Waals surface area contributed by atoms with E-state index in [9.17, 15) is 8.42 Å². The molecule has 0 amide bonds. The van der Waals surface area contributed by atoms with Gasteiger partial charge in [-0.15, -0.1) is 6.58 Å². The van der Waals surface area contributed by atoms with Crippen LogP contribution in [0.3, 0.4) is 0 Å². The van der Waals surface area contributed by atoms with Gasteiger partial charge < -0.3 is 4.74 Å². The van der Waals surface area contributed by atoms with Gasteiger partial charge in [-0.05, 0) is 42.5 Å². The average Bonchev–Trinajstić information content (AvgIpc) is 2.29. The van der Waals surface area contributed by atoms with Gasteiger partial charge in [0.2, 0.25) is 10.0 Å². The van der Waals surface area contributed by atoms with Gasteiger partial charge in [0, 0.05) is 0 Å². The van der Waals surface area contributed by atoms with E-state index in [-0.39, 0.29) is 10.8 Å². The van der Waals surface area contributed by atoms with Crippen molar-refractivity contribution in [1.29, 1.82) is 0 Å². The smallest absolute Gasteiger partial charge is 0.238 e. The van der Waals surface area contributed by atoms with Crippen LogP contribution in [0.25, 0.3) is 0 Å². The highest BCUT2D eigenvalue weighted by Crippen LogP contribution is 2.30. The van der Waals surface area contributed by atoms with Crippen LogP contribution in [0.1, 0.15) is 37.3 Å². The van der Waals surface area contributed by atoms with Crippen LogP contribution in [-0.4, -0.2) is 15.0 Å². The fourth-order valence-corrected chi connectivity index (χ4v) is 2.75. The molecule has 0 atom stereocenters. The highest BCUT2D eigenvalue weighted by atomic mass is 32.2. The maximum Gasteiger partial charge on any atom is 0.238 e. The molecule has 5 heteroatoms. The minimum Gasteiger partial charge on any atom is -0.493 e. The summed E-state index contributed by atoms with van der Waals surface area (Å²) in [6, 6.07) is 3.34. The predicted octanol–water partition coefficient (Wildman–Crippen LogP) is 2.72. The summed E-state index contributed by atoms with van der Waals surface area (Å²) in [5, 5.41) is 5.25. The molecule has 0 aromatic heterocycles. The summed E-state index contributed by atoms with van der Waals surface area (Å²) < 4.78 is 28.8. The number of aryl methyl sites for hydroxylation is 1. The number of sulfonamides is 1. The van der Waals surface area contributed by atoms with Crippen molar-refractivity contribution in [3.8, 4) is 5.75 Å². The molecule has 1 aromatic rings. The van der Waals surface area contributed by atoms with Crippen LogP contribution in [0.15, 0.2) is 29.7 Å². The molecule has 1 rings (SSSR count). The molecule has 4 nitrogen and oxygen atoms in total. The highest BCUT2D eigenvalue weighted by Gasteiger charge is 2.18. The Kier molecular flexibility index (Phi) is 5.14. The summed E-state index contributed by atoms with van der Waals surface area (Å²) >= 11 is 0. The Balaban J connectivity index is 3.25. The molecule has 0 saturated carbocycles. The summed E-state index contributed by atoms with van der Waals surface area (Å²) in [5.41, 5.74) is 1.44. The highest BCUT2D eigenvalue weighted by molar-refractivity contribution is 7.89. The van der Waals surface area contributed by atoms with Crippen molar-refractivity contribution in [2.75, 3.05) is 6.61 Å². The first kappa shape index (κ1) is 15.7. The summed E-state index contributed by atoms with van der Waals surface area (Å²) in [5.74, 6) is 0.744. The van der Waals surface area contributed by atoms with E-state index < -0.39 is 10.0 Å². The molecule has 0 saturated heterocycles. The van der Waals surface area contributed by atoms with E-state index >= 15 is 0 Å². The molecule has 2 N–H and O–H groups in total. The topological polar surface area (TPSA) is 69.4 Å². The first-order valence-corrected chi connectivity index (χ1v) is 7.73. The van der Waals surface area contributed by atoms with Crippen molar-refractivity contribution >= 4 is 10.0 Å². The number of hydrogen-bond acceptors (Lipinski definition) is 3. The molecule has 1 aromatic carbocycles. The quantitative estimate of drug-likeness (QED) is 0.644. The van der Waals surface area contributed by atoms with Crippen LogP contribution in [0.5, 0.6) is 5.75 Å². The lowest BCUT2D eigenvalue weighted by atomic mass is 10.0. The lowest BCUT2D eigenvalue weighted by Crippen LogP contribution is -2.16. The van der Waals surface area contributed by atoms with Crippen molar-refractivity contribution in [3.05, 3.63) is 35.9 Å². The Morgan fingerprint density at radius 2 is 2.05 bits per heavy atom. The van der Waals surface area contributed by atoms with Crippen LogP contribution >= 0.6 is 0 Å². The third-order valence-electron chi connectivity index (χ3n) is 2.82. The van der Waals surface area contributed by atoms with Crippen LogP contribution < -0.4 is 9.88 Å². The van der Waals surface area contributed by atoms with Crippen molar-refractivity contribution in [2.45, 2.75) is 38.0 Å². The first-order chi connectivity index (χ1) is 8.77. The molecule has 106 valence electrons.